The van der Waals surface area contributed by atoms with Crippen molar-refractivity contribution in [3.05, 3.63) is 103 Å². The standard InChI is InChI=1S/C25H22Cl2N4O5/c1-14-11-17(7-9-22(14)31(33)34)35-13-18-8-10-23(36-18)25(32)28-24-15(2)29-30(16(24)3)12-19-20(26)5-4-6-21(19)27/h4-11H,12-13H2,1-3H3,(H,28,32). The number of aryl methyl sites for hydroxylation is 2. The minimum absolute atomic E-state index is 0.0168. The van der Waals surface area contributed by atoms with Crippen LogP contribution in [-0.4, -0.2) is 20.6 Å². The Balaban J connectivity index is 1.42. The van der Waals surface area contributed by atoms with Gasteiger partial charge in [0.2, 0.25) is 0 Å². The number of nitrogens with one attached hydrogen (secondary N) is 1. The smallest absolute Gasteiger partial charge is 0.291 e. The molecule has 0 spiro atoms. The largest absolute Gasteiger partial charge is 0.486 e. The van der Waals surface area contributed by atoms with E-state index in [2.05, 4.69) is 10.4 Å². The van der Waals surface area contributed by atoms with E-state index in [1.54, 1.807) is 54.9 Å². The molecule has 0 unspecified atom stereocenters. The number of carbonyl (C=O) groups is 1. The predicted octanol–water partition coefficient (Wildman–Crippen LogP) is 6.50. The molecule has 4 aromatic rings. The second-order valence-corrected chi connectivity index (χ2v) is 8.93. The molecule has 0 atom stereocenters. The third-order valence-electron chi connectivity index (χ3n) is 5.62. The first-order valence-electron chi connectivity index (χ1n) is 10.9. The second-order valence-electron chi connectivity index (χ2n) is 8.12. The molecule has 0 saturated heterocycles. The SMILES string of the molecule is Cc1cc(OCc2ccc(C(=O)Nc3c(C)nn(Cc4c(Cl)cccc4Cl)c3C)o2)ccc1[N+](=O)[O-]. The van der Waals surface area contributed by atoms with Crippen LogP contribution in [0.4, 0.5) is 11.4 Å². The number of carbonyl (C=O) groups excluding carboxylic acids is 1. The molecule has 1 N–H and O–H groups in total. The number of amides is 1. The summed E-state index contributed by atoms with van der Waals surface area (Å²) in [5.74, 6) is 0.551. The van der Waals surface area contributed by atoms with Crippen molar-refractivity contribution >= 4 is 40.5 Å². The lowest BCUT2D eigenvalue weighted by molar-refractivity contribution is -0.385. The van der Waals surface area contributed by atoms with Crippen LogP contribution in [0, 0.1) is 30.9 Å². The summed E-state index contributed by atoms with van der Waals surface area (Å²) in [5, 5.41) is 19.4. The lowest BCUT2D eigenvalue weighted by Gasteiger charge is -2.09. The van der Waals surface area contributed by atoms with E-state index in [9.17, 15) is 14.9 Å². The predicted molar refractivity (Wildman–Crippen MR) is 136 cm³/mol. The van der Waals surface area contributed by atoms with Gasteiger partial charge in [-0.3, -0.25) is 19.6 Å². The van der Waals surface area contributed by atoms with Crippen LogP contribution in [0.1, 0.15) is 38.8 Å². The lowest BCUT2D eigenvalue weighted by atomic mass is 10.2. The first-order valence-corrected chi connectivity index (χ1v) is 11.6. The first kappa shape index (κ1) is 25.3. The van der Waals surface area contributed by atoms with Crippen LogP contribution in [-0.2, 0) is 13.2 Å². The zero-order valence-corrected chi connectivity index (χ0v) is 21.2. The Labute approximate surface area is 216 Å². The summed E-state index contributed by atoms with van der Waals surface area (Å²) >= 11 is 12.6. The molecule has 2 heterocycles. The van der Waals surface area contributed by atoms with Crippen LogP contribution in [0.15, 0.2) is 52.9 Å². The van der Waals surface area contributed by atoms with Crippen LogP contribution in [0.25, 0.3) is 0 Å². The van der Waals surface area contributed by atoms with Crippen molar-refractivity contribution in [3.8, 4) is 5.75 Å². The Morgan fingerprint density at radius 1 is 1.14 bits per heavy atom. The van der Waals surface area contributed by atoms with Crippen LogP contribution in [0.5, 0.6) is 5.75 Å². The Morgan fingerprint density at radius 3 is 2.53 bits per heavy atom. The molecule has 9 nitrogen and oxygen atoms in total. The number of aromatic nitrogens is 2. The molecule has 0 radical (unpaired) electrons. The highest BCUT2D eigenvalue weighted by Crippen LogP contribution is 2.28. The molecule has 4 rings (SSSR count). The molecule has 186 valence electrons. The van der Waals surface area contributed by atoms with Crippen molar-refractivity contribution < 1.29 is 18.9 Å². The monoisotopic (exact) mass is 528 g/mol. The van der Waals surface area contributed by atoms with E-state index in [4.69, 9.17) is 32.4 Å². The number of rotatable bonds is 8. The molecule has 2 aromatic carbocycles. The van der Waals surface area contributed by atoms with Crippen LogP contribution < -0.4 is 10.1 Å². The normalized spacial score (nSPS) is 10.9. The second kappa shape index (κ2) is 10.4. The highest BCUT2D eigenvalue weighted by atomic mass is 35.5. The molecule has 11 heteroatoms. The fraction of sp³-hybridized carbons (Fsp3) is 0.200. The number of hydrogen-bond acceptors (Lipinski definition) is 6. The van der Waals surface area contributed by atoms with Gasteiger partial charge in [0, 0.05) is 27.2 Å². The zero-order valence-electron chi connectivity index (χ0n) is 19.7. The van der Waals surface area contributed by atoms with E-state index in [0.29, 0.717) is 45.0 Å². The average Bonchev–Trinajstić information content (AvgIpc) is 3.40. The third-order valence-corrected chi connectivity index (χ3v) is 6.33. The molecule has 1 amide bonds. The van der Waals surface area contributed by atoms with Crippen LogP contribution in [0.2, 0.25) is 10.0 Å². The van der Waals surface area contributed by atoms with Gasteiger partial charge >= 0.3 is 0 Å². The van der Waals surface area contributed by atoms with Gasteiger partial charge in [-0.15, -0.1) is 0 Å². The highest BCUT2D eigenvalue weighted by Gasteiger charge is 2.19. The Hall–Kier alpha value is -3.82. The van der Waals surface area contributed by atoms with E-state index in [0.717, 1.165) is 11.3 Å². The zero-order chi connectivity index (χ0) is 26.0. The van der Waals surface area contributed by atoms with E-state index in [1.807, 2.05) is 6.92 Å². The number of hydrogen-bond donors (Lipinski definition) is 1. The molecule has 0 fully saturated rings. The quantitative estimate of drug-likeness (QED) is 0.206. The molecule has 0 aliphatic rings. The number of nitro groups is 1. The first-order chi connectivity index (χ1) is 17.1. The van der Waals surface area contributed by atoms with Crippen molar-refractivity contribution in [3.63, 3.8) is 0 Å². The Bertz CT molecular complexity index is 1440. The summed E-state index contributed by atoms with van der Waals surface area (Å²) in [5.41, 5.74) is 3.18. The summed E-state index contributed by atoms with van der Waals surface area (Å²) in [6.07, 6.45) is 0. The topological polar surface area (TPSA) is 112 Å². The number of ether oxygens (including phenoxy) is 1. The van der Waals surface area contributed by atoms with Gasteiger partial charge in [-0.1, -0.05) is 29.3 Å². The number of nitrogens with zero attached hydrogens (tertiary/aromatic N) is 3. The van der Waals surface area contributed by atoms with Crippen LogP contribution in [0.3, 0.4) is 0 Å². The summed E-state index contributed by atoms with van der Waals surface area (Å²) in [4.78, 5) is 23.3. The van der Waals surface area contributed by atoms with Gasteiger partial charge in [0.15, 0.2) is 5.76 Å². The number of halogens is 2. The fourth-order valence-electron chi connectivity index (χ4n) is 3.69. The van der Waals surface area contributed by atoms with Gasteiger partial charge in [0.25, 0.3) is 11.6 Å². The van der Waals surface area contributed by atoms with Gasteiger partial charge in [-0.05, 0) is 57.2 Å². The molecular weight excluding hydrogens is 507 g/mol. The molecule has 0 aliphatic carbocycles. The summed E-state index contributed by atoms with van der Waals surface area (Å²) in [6, 6.07) is 13.0. The van der Waals surface area contributed by atoms with Gasteiger partial charge in [0.1, 0.15) is 18.1 Å². The van der Waals surface area contributed by atoms with E-state index < -0.39 is 10.8 Å². The lowest BCUT2D eigenvalue weighted by Crippen LogP contribution is -2.12. The third kappa shape index (κ3) is 5.37. The van der Waals surface area contributed by atoms with Crippen molar-refractivity contribution in [1.29, 1.82) is 0 Å². The minimum atomic E-state index is -0.449. The Morgan fingerprint density at radius 2 is 1.86 bits per heavy atom. The molecular formula is C25H22Cl2N4O5. The van der Waals surface area contributed by atoms with Gasteiger partial charge in [-0.25, -0.2) is 0 Å². The molecule has 36 heavy (non-hydrogen) atoms. The summed E-state index contributed by atoms with van der Waals surface area (Å²) in [6.45, 7) is 5.68. The number of benzene rings is 2. The molecule has 0 bridgehead atoms. The van der Waals surface area contributed by atoms with Gasteiger partial charge in [0.05, 0.1) is 28.5 Å². The average molecular weight is 529 g/mol. The number of nitro benzene ring substituents is 1. The van der Waals surface area contributed by atoms with Crippen molar-refractivity contribution in [2.75, 3.05) is 5.32 Å². The number of furan rings is 1. The van der Waals surface area contributed by atoms with E-state index in [-0.39, 0.29) is 18.1 Å². The van der Waals surface area contributed by atoms with Crippen molar-refractivity contribution in [1.82, 2.24) is 9.78 Å². The maximum absolute atomic E-state index is 12.8. The van der Waals surface area contributed by atoms with Crippen LogP contribution >= 0.6 is 23.2 Å². The fourth-order valence-corrected chi connectivity index (χ4v) is 4.21. The maximum Gasteiger partial charge on any atom is 0.291 e. The summed E-state index contributed by atoms with van der Waals surface area (Å²) < 4.78 is 13.0. The molecule has 0 saturated carbocycles. The van der Waals surface area contributed by atoms with E-state index >= 15 is 0 Å². The highest BCUT2D eigenvalue weighted by molar-refractivity contribution is 6.36. The number of anilines is 1. The Kier molecular flexibility index (Phi) is 7.32. The van der Waals surface area contributed by atoms with E-state index in [1.165, 1.54) is 12.1 Å². The molecule has 0 aliphatic heterocycles. The van der Waals surface area contributed by atoms with Crippen molar-refractivity contribution in [2.24, 2.45) is 0 Å². The van der Waals surface area contributed by atoms with Crippen molar-refractivity contribution in [2.45, 2.75) is 33.9 Å². The summed E-state index contributed by atoms with van der Waals surface area (Å²) in [7, 11) is 0. The van der Waals surface area contributed by atoms with Gasteiger partial charge < -0.3 is 14.5 Å². The van der Waals surface area contributed by atoms with Gasteiger partial charge in [-0.2, -0.15) is 5.10 Å². The minimum Gasteiger partial charge on any atom is -0.486 e. The maximum atomic E-state index is 12.8. The molecule has 2 aromatic heterocycles.